The maximum absolute atomic E-state index is 13.1. The molecule has 1 aliphatic rings. The van der Waals surface area contributed by atoms with Crippen molar-refractivity contribution in [1.82, 2.24) is 20.6 Å². The minimum atomic E-state index is -3.97. The van der Waals surface area contributed by atoms with E-state index in [1.165, 1.54) is 7.11 Å². The zero-order valence-electron chi connectivity index (χ0n) is 19.1. The number of aliphatic hydroxyl groups excluding tert-OH is 1. The van der Waals surface area contributed by atoms with Gasteiger partial charge in [-0.2, -0.15) is 0 Å². The van der Waals surface area contributed by atoms with Gasteiger partial charge in [0.25, 0.3) is 0 Å². The van der Waals surface area contributed by atoms with E-state index in [0.717, 1.165) is 35.3 Å². The van der Waals surface area contributed by atoms with Crippen LogP contribution in [0.1, 0.15) is 28.8 Å². The quantitative estimate of drug-likeness (QED) is 0.345. The first-order valence-electron chi connectivity index (χ1n) is 11.0. The van der Waals surface area contributed by atoms with Crippen LogP contribution in [-0.4, -0.2) is 67.4 Å². The van der Waals surface area contributed by atoms with Gasteiger partial charge in [0, 0.05) is 19.3 Å². The van der Waals surface area contributed by atoms with Crippen molar-refractivity contribution in [3.05, 3.63) is 47.2 Å². The summed E-state index contributed by atoms with van der Waals surface area (Å²) >= 11 is 1.12. The van der Waals surface area contributed by atoms with Crippen LogP contribution in [0, 0.1) is 0 Å². The molecule has 2 heterocycles. The van der Waals surface area contributed by atoms with E-state index in [4.69, 9.17) is 4.74 Å². The van der Waals surface area contributed by atoms with Gasteiger partial charge in [-0.25, -0.2) is 13.4 Å². The number of ether oxygens (including phenoxy) is 1. The number of carbonyl (C=O) groups is 2. The number of aromatic nitrogens is 2. The molecule has 0 aliphatic heterocycles. The number of methoxy groups -OCH3 is 1. The monoisotopic (exact) mass is 518 g/mol. The average molecular weight is 519 g/mol. The van der Waals surface area contributed by atoms with Crippen LogP contribution in [0.25, 0.3) is 21.3 Å². The van der Waals surface area contributed by atoms with Gasteiger partial charge in [0.1, 0.15) is 5.01 Å². The highest BCUT2D eigenvalue weighted by Crippen LogP contribution is 2.34. The number of aliphatic hydroxyl groups is 1. The zero-order chi connectivity index (χ0) is 25.0. The van der Waals surface area contributed by atoms with Gasteiger partial charge in [-0.15, -0.1) is 11.3 Å². The number of sulfone groups is 1. The largest absolute Gasteiger partial charge is 0.390 e. The van der Waals surface area contributed by atoms with E-state index in [1.54, 1.807) is 24.4 Å². The van der Waals surface area contributed by atoms with Crippen molar-refractivity contribution in [1.29, 1.82) is 0 Å². The van der Waals surface area contributed by atoms with Crippen molar-refractivity contribution in [2.75, 3.05) is 26.0 Å². The Morgan fingerprint density at radius 2 is 2.00 bits per heavy atom. The maximum atomic E-state index is 13.1. The molecular weight excluding hydrogens is 492 g/mol. The molecule has 2 aromatic heterocycles. The number of carbonyl (C=O) groups excluding carboxylic acids is 2. The molecular formula is C23H26N4O6S2. The molecule has 12 heteroatoms. The highest BCUT2D eigenvalue weighted by atomic mass is 32.2. The van der Waals surface area contributed by atoms with E-state index < -0.39 is 21.0 Å². The summed E-state index contributed by atoms with van der Waals surface area (Å²) in [6.07, 6.45) is 3.41. The second-order valence-corrected chi connectivity index (χ2v) is 11.5. The fourth-order valence-corrected chi connectivity index (χ4v) is 6.41. The summed E-state index contributed by atoms with van der Waals surface area (Å²) in [6, 6.07) is 9.15. The molecule has 0 radical (unpaired) electrons. The molecule has 4 rings (SSSR count). The van der Waals surface area contributed by atoms with Crippen molar-refractivity contribution < 1.29 is 27.9 Å². The van der Waals surface area contributed by atoms with Crippen LogP contribution in [0.5, 0.6) is 0 Å². The first-order chi connectivity index (χ1) is 16.8. The van der Waals surface area contributed by atoms with E-state index in [2.05, 4.69) is 20.6 Å². The Morgan fingerprint density at radius 3 is 2.71 bits per heavy atom. The van der Waals surface area contributed by atoms with Crippen LogP contribution in [0.4, 0.5) is 0 Å². The first kappa shape index (κ1) is 25.2. The number of hydrogen-bond acceptors (Lipinski definition) is 9. The minimum Gasteiger partial charge on any atom is -0.390 e. The Morgan fingerprint density at radius 1 is 1.23 bits per heavy atom. The summed E-state index contributed by atoms with van der Waals surface area (Å²) in [7, 11) is -2.59. The van der Waals surface area contributed by atoms with Gasteiger partial charge in [0.2, 0.25) is 11.8 Å². The maximum Gasteiger partial charge on any atom is 0.245 e. The van der Waals surface area contributed by atoms with Gasteiger partial charge in [-0.05, 0) is 48.2 Å². The number of hydrogen-bond donors (Lipinski definition) is 3. The van der Waals surface area contributed by atoms with E-state index in [1.807, 2.05) is 12.1 Å². The van der Waals surface area contributed by atoms with Crippen LogP contribution < -0.4 is 10.6 Å². The molecule has 1 fully saturated rings. The summed E-state index contributed by atoms with van der Waals surface area (Å²) in [6.45, 7) is -0.569. The van der Waals surface area contributed by atoms with E-state index in [9.17, 15) is 23.1 Å². The van der Waals surface area contributed by atoms with E-state index in [-0.39, 0.29) is 42.5 Å². The third kappa shape index (κ3) is 6.20. The van der Waals surface area contributed by atoms with Crippen molar-refractivity contribution in [2.24, 2.45) is 0 Å². The Labute approximate surface area is 206 Å². The summed E-state index contributed by atoms with van der Waals surface area (Å²) in [4.78, 5) is 33.6. The smallest absolute Gasteiger partial charge is 0.245 e. The molecule has 0 saturated heterocycles. The number of pyridine rings is 1. The van der Waals surface area contributed by atoms with Crippen molar-refractivity contribution in [2.45, 2.75) is 30.7 Å². The molecule has 1 atom stereocenters. The van der Waals surface area contributed by atoms with Gasteiger partial charge in [-0.1, -0.05) is 6.07 Å². The molecule has 3 N–H and O–H groups in total. The summed E-state index contributed by atoms with van der Waals surface area (Å²) < 4.78 is 31.8. The number of nitrogens with zero attached hydrogens (tertiary/aromatic N) is 2. The molecule has 0 spiro atoms. The first-order valence-corrected chi connectivity index (χ1v) is 13.6. The predicted molar refractivity (Wildman–Crippen MR) is 131 cm³/mol. The molecule has 0 bridgehead atoms. The van der Waals surface area contributed by atoms with E-state index in [0.29, 0.717) is 15.9 Å². The van der Waals surface area contributed by atoms with Gasteiger partial charge < -0.3 is 20.5 Å². The van der Waals surface area contributed by atoms with Gasteiger partial charge >= 0.3 is 0 Å². The zero-order valence-corrected chi connectivity index (χ0v) is 20.7. The van der Waals surface area contributed by atoms with Crippen molar-refractivity contribution in [3.8, 4) is 11.1 Å². The fourth-order valence-electron chi connectivity index (χ4n) is 3.49. The predicted octanol–water partition coefficient (Wildman–Crippen LogP) is 1.35. The lowest BCUT2D eigenvalue weighted by Gasteiger charge is -2.15. The molecule has 1 saturated carbocycles. The Kier molecular flexibility index (Phi) is 7.75. The number of benzene rings is 1. The van der Waals surface area contributed by atoms with Crippen molar-refractivity contribution >= 4 is 43.2 Å². The standard InChI is InChI=1S/C23H26N4O6S2/c1-33-8-9-35(31,32)21(22(30)25-12-20(29)26-16-3-4-16)23-27-18-11-14(2-5-19(18)34-23)15-6-7-24-17(10-15)13-28/h2,5-7,10-11,16,21,28H,3-4,8-9,12-13H2,1H3,(H,25,30)(H,26,29). The highest BCUT2D eigenvalue weighted by molar-refractivity contribution is 7.92. The van der Waals surface area contributed by atoms with Crippen molar-refractivity contribution in [3.63, 3.8) is 0 Å². The molecule has 10 nitrogen and oxygen atoms in total. The Hall–Kier alpha value is -2.93. The molecule has 1 aromatic carbocycles. The molecule has 3 aromatic rings. The van der Waals surface area contributed by atoms with Crippen LogP contribution in [0.3, 0.4) is 0 Å². The number of amides is 2. The van der Waals surface area contributed by atoms with Crippen LogP contribution in [0.15, 0.2) is 36.5 Å². The third-order valence-electron chi connectivity index (χ3n) is 5.48. The second-order valence-electron chi connectivity index (χ2n) is 8.23. The van der Waals surface area contributed by atoms with Crippen LogP contribution in [0.2, 0.25) is 0 Å². The van der Waals surface area contributed by atoms with Gasteiger partial charge in [0.15, 0.2) is 15.1 Å². The SMILES string of the molecule is COCCS(=O)(=O)C(C(=O)NCC(=O)NC1CC1)c1nc2cc(-c3ccnc(CO)c3)ccc2s1. The molecule has 1 unspecified atom stereocenters. The molecule has 186 valence electrons. The molecule has 35 heavy (non-hydrogen) atoms. The topological polar surface area (TPSA) is 148 Å². The average Bonchev–Trinajstić information content (AvgIpc) is 3.56. The summed E-state index contributed by atoms with van der Waals surface area (Å²) in [5, 5.41) is 13.1. The fraction of sp³-hybridized carbons (Fsp3) is 0.391. The van der Waals surface area contributed by atoms with E-state index >= 15 is 0 Å². The number of nitrogens with one attached hydrogen (secondary N) is 2. The van der Waals surface area contributed by atoms with Crippen LogP contribution >= 0.6 is 11.3 Å². The number of fused-ring (bicyclic) bond motifs is 1. The highest BCUT2D eigenvalue weighted by Gasteiger charge is 2.37. The minimum absolute atomic E-state index is 0.0709. The Balaban J connectivity index is 1.63. The Bertz CT molecular complexity index is 1340. The molecule has 1 aliphatic carbocycles. The number of thiazole rings is 1. The normalized spacial score (nSPS) is 14.6. The van der Waals surface area contributed by atoms with Crippen LogP contribution in [-0.2, 0) is 30.8 Å². The second kappa shape index (κ2) is 10.8. The third-order valence-corrected chi connectivity index (χ3v) is 8.62. The lowest BCUT2D eigenvalue weighted by Crippen LogP contribution is -2.41. The lowest BCUT2D eigenvalue weighted by molar-refractivity contribution is -0.126. The lowest BCUT2D eigenvalue weighted by atomic mass is 10.1. The number of rotatable bonds is 11. The van der Waals surface area contributed by atoms with Gasteiger partial charge in [0.05, 0.1) is 41.4 Å². The summed E-state index contributed by atoms with van der Waals surface area (Å²) in [5.41, 5.74) is 2.69. The van der Waals surface area contributed by atoms with Gasteiger partial charge in [-0.3, -0.25) is 14.6 Å². The molecule has 2 amide bonds. The summed E-state index contributed by atoms with van der Waals surface area (Å²) in [5.74, 6) is -1.52.